The number of ether oxygens (including phenoxy) is 1. The number of anilines is 1. The van der Waals surface area contributed by atoms with Gasteiger partial charge in [-0.15, -0.1) is 0 Å². The number of hydrogen-bond acceptors (Lipinski definition) is 5. The zero-order valence-corrected chi connectivity index (χ0v) is 16.6. The molecule has 0 saturated heterocycles. The van der Waals surface area contributed by atoms with Gasteiger partial charge in [-0.3, -0.25) is 4.72 Å². The lowest BCUT2D eigenvalue weighted by molar-refractivity contribution is 0.0519. The maximum atomic E-state index is 12.7. The first-order chi connectivity index (χ1) is 13.3. The predicted molar refractivity (Wildman–Crippen MR) is 107 cm³/mol. The minimum Gasteiger partial charge on any atom is -0.461 e. The number of imidazole rings is 1. The van der Waals surface area contributed by atoms with Crippen LogP contribution in [0.15, 0.2) is 53.4 Å². The Balaban J connectivity index is 1.97. The lowest BCUT2D eigenvalue weighted by Crippen LogP contribution is -2.13. The predicted octanol–water partition coefficient (Wildman–Crippen LogP) is 3.67. The van der Waals surface area contributed by atoms with E-state index in [1.807, 2.05) is 6.92 Å². The molecular formula is C20H21N3O4S. The van der Waals surface area contributed by atoms with Crippen molar-refractivity contribution in [3.8, 4) is 11.4 Å². The van der Waals surface area contributed by atoms with Crippen LogP contribution in [0.3, 0.4) is 0 Å². The van der Waals surface area contributed by atoms with Gasteiger partial charge < -0.3 is 9.72 Å². The van der Waals surface area contributed by atoms with Gasteiger partial charge in [0.05, 0.1) is 17.2 Å². The van der Waals surface area contributed by atoms with Crippen LogP contribution in [0, 0.1) is 13.8 Å². The molecule has 3 rings (SSSR count). The zero-order valence-electron chi connectivity index (χ0n) is 15.8. The van der Waals surface area contributed by atoms with Crippen LogP contribution in [0.5, 0.6) is 0 Å². The summed E-state index contributed by atoms with van der Waals surface area (Å²) >= 11 is 0. The number of aromatic nitrogens is 2. The number of benzene rings is 2. The summed E-state index contributed by atoms with van der Waals surface area (Å²) in [5.41, 5.74) is 2.57. The fourth-order valence-electron chi connectivity index (χ4n) is 2.69. The van der Waals surface area contributed by atoms with Crippen LogP contribution in [0.25, 0.3) is 11.4 Å². The molecule has 0 atom stereocenters. The third-order valence-electron chi connectivity index (χ3n) is 4.11. The Morgan fingerprint density at radius 1 is 1.11 bits per heavy atom. The molecule has 1 aromatic heterocycles. The van der Waals surface area contributed by atoms with Crippen LogP contribution in [0.1, 0.15) is 28.7 Å². The number of rotatable bonds is 6. The molecule has 0 aliphatic rings. The van der Waals surface area contributed by atoms with E-state index in [1.165, 1.54) is 0 Å². The summed E-state index contributed by atoms with van der Waals surface area (Å²) in [4.78, 5) is 19.5. The average Bonchev–Trinajstić information content (AvgIpc) is 3.04. The minimum absolute atomic E-state index is 0.163. The second-order valence-electron chi connectivity index (χ2n) is 6.24. The number of carbonyl (C=O) groups is 1. The Morgan fingerprint density at radius 2 is 1.79 bits per heavy atom. The number of aromatic amines is 1. The van der Waals surface area contributed by atoms with E-state index < -0.39 is 16.0 Å². The second kappa shape index (κ2) is 7.85. The van der Waals surface area contributed by atoms with E-state index in [2.05, 4.69) is 14.7 Å². The minimum atomic E-state index is -3.77. The first-order valence-electron chi connectivity index (χ1n) is 8.74. The van der Waals surface area contributed by atoms with Crippen molar-refractivity contribution < 1.29 is 17.9 Å². The molecule has 0 fully saturated rings. The number of sulfonamides is 1. The number of carbonyl (C=O) groups excluding carboxylic acids is 1. The van der Waals surface area contributed by atoms with Crippen molar-refractivity contribution in [3.63, 3.8) is 0 Å². The molecule has 7 nitrogen and oxygen atoms in total. The molecule has 0 saturated carbocycles. The van der Waals surface area contributed by atoms with Gasteiger partial charge in [-0.25, -0.2) is 18.2 Å². The molecule has 146 valence electrons. The van der Waals surface area contributed by atoms with E-state index in [0.717, 1.165) is 5.56 Å². The van der Waals surface area contributed by atoms with E-state index in [1.54, 1.807) is 62.4 Å². The molecule has 2 N–H and O–H groups in total. The maximum absolute atomic E-state index is 12.7. The van der Waals surface area contributed by atoms with Crippen molar-refractivity contribution in [1.29, 1.82) is 0 Å². The molecule has 28 heavy (non-hydrogen) atoms. The standard InChI is InChI=1S/C20H21N3O4S/c1-4-27-20(24)18-14(3)21-19(22-18)16-7-5-6-8-17(16)23-28(25,26)15-11-9-13(2)10-12-15/h5-12,23H,4H2,1-3H3,(H,21,22). The molecule has 0 radical (unpaired) electrons. The highest BCUT2D eigenvalue weighted by atomic mass is 32.2. The highest BCUT2D eigenvalue weighted by molar-refractivity contribution is 7.92. The molecule has 0 unspecified atom stereocenters. The SMILES string of the molecule is CCOC(=O)c1nc(-c2ccccc2NS(=O)(=O)c2ccc(C)cc2)[nH]c1C. The molecule has 8 heteroatoms. The highest BCUT2D eigenvalue weighted by Gasteiger charge is 2.20. The van der Waals surface area contributed by atoms with E-state index in [4.69, 9.17) is 4.74 Å². The van der Waals surface area contributed by atoms with Gasteiger partial charge in [0.15, 0.2) is 5.69 Å². The molecule has 0 bridgehead atoms. The Kier molecular flexibility index (Phi) is 5.51. The summed E-state index contributed by atoms with van der Waals surface area (Å²) in [7, 11) is -3.77. The number of para-hydroxylation sites is 1. The van der Waals surface area contributed by atoms with Gasteiger partial charge in [-0.1, -0.05) is 29.8 Å². The van der Waals surface area contributed by atoms with Crippen LogP contribution < -0.4 is 4.72 Å². The van der Waals surface area contributed by atoms with Crippen molar-refractivity contribution in [2.75, 3.05) is 11.3 Å². The van der Waals surface area contributed by atoms with Gasteiger partial charge in [0.1, 0.15) is 5.82 Å². The molecule has 1 heterocycles. The van der Waals surface area contributed by atoms with Gasteiger partial charge in [0.2, 0.25) is 0 Å². The smallest absolute Gasteiger partial charge is 0.358 e. The van der Waals surface area contributed by atoms with Crippen molar-refractivity contribution in [3.05, 3.63) is 65.5 Å². The zero-order chi connectivity index (χ0) is 20.3. The summed E-state index contributed by atoms with van der Waals surface area (Å²) < 4.78 is 33.1. The van der Waals surface area contributed by atoms with Crippen LogP contribution >= 0.6 is 0 Å². The molecular weight excluding hydrogens is 378 g/mol. The summed E-state index contributed by atoms with van der Waals surface area (Å²) in [5.74, 6) is -0.150. The van der Waals surface area contributed by atoms with Gasteiger partial charge in [-0.05, 0) is 45.0 Å². The lowest BCUT2D eigenvalue weighted by atomic mass is 10.2. The van der Waals surface area contributed by atoms with Gasteiger partial charge in [-0.2, -0.15) is 0 Å². The Hall–Kier alpha value is -3.13. The van der Waals surface area contributed by atoms with Crippen LogP contribution in [-0.4, -0.2) is 31.0 Å². The highest BCUT2D eigenvalue weighted by Crippen LogP contribution is 2.28. The van der Waals surface area contributed by atoms with Crippen molar-refractivity contribution in [2.24, 2.45) is 0 Å². The number of esters is 1. The lowest BCUT2D eigenvalue weighted by Gasteiger charge is -2.11. The molecule has 0 amide bonds. The van der Waals surface area contributed by atoms with Gasteiger partial charge in [0, 0.05) is 11.3 Å². The Bertz CT molecular complexity index is 1100. The van der Waals surface area contributed by atoms with Crippen LogP contribution in [0.2, 0.25) is 0 Å². The van der Waals surface area contributed by atoms with E-state index in [0.29, 0.717) is 22.8 Å². The number of nitrogens with one attached hydrogen (secondary N) is 2. The molecule has 0 spiro atoms. The van der Waals surface area contributed by atoms with Crippen molar-refractivity contribution >= 4 is 21.7 Å². The number of nitrogens with zero attached hydrogens (tertiary/aromatic N) is 1. The molecule has 0 aliphatic carbocycles. The number of H-pyrrole nitrogens is 1. The molecule has 2 aromatic carbocycles. The summed E-state index contributed by atoms with van der Waals surface area (Å²) in [5, 5.41) is 0. The van der Waals surface area contributed by atoms with E-state index >= 15 is 0 Å². The summed E-state index contributed by atoms with van der Waals surface area (Å²) in [6, 6.07) is 13.4. The monoisotopic (exact) mass is 399 g/mol. The van der Waals surface area contributed by atoms with Gasteiger partial charge >= 0.3 is 5.97 Å². The fourth-order valence-corrected chi connectivity index (χ4v) is 3.77. The van der Waals surface area contributed by atoms with E-state index in [9.17, 15) is 13.2 Å². The summed E-state index contributed by atoms with van der Waals surface area (Å²) in [6.07, 6.45) is 0. The van der Waals surface area contributed by atoms with E-state index in [-0.39, 0.29) is 17.2 Å². The van der Waals surface area contributed by atoms with Crippen molar-refractivity contribution in [2.45, 2.75) is 25.7 Å². The first kappa shape index (κ1) is 19.6. The number of aryl methyl sites for hydroxylation is 2. The number of hydrogen-bond donors (Lipinski definition) is 2. The molecule has 3 aromatic rings. The Labute approximate surface area is 163 Å². The van der Waals surface area contributed by atoms with Crippen molar-refractivity contribution in [1.82, 2.24) is 9.97 Å². The van der Waals surface area contributed by atoms with Gasteiger partial charge in [0.25, 0.3) is 10.0 Å². The van der Waals surface area contributed by atoms with Crippen LogP contribution in [-0.2, 0) is 14.8 Å². The maximum Gasteiger partial charge on any atom is 0.358 e. The quantitative estimate of drug-likeness (QED) is 0.616. The average molecular weight is 399 g/mol. The van der Waals surface area contributed by atoms with Crippen LogP contribution in [0.4, 0.5) is 5.69 Å². The third-order valence-corrected chi connectivity index (χ3v) is 5.49. The molecule has 0 aliphatic heterocycles. The second-order valence-corrected chi connectivity index (χ2v) is 7.93. The fraction of sp³-hybridized carbons (Fsp3) is 0.200. The Morgan fingerprint density at radius 3 is 2.46 bits per heavy atom. The topological polar surface area (TPSA) is 101 Å². The first-order valence-corrected chi connectivity index (χ1v) is 10.2. The normalized spacial score (nSPS) is 11.2. The largest absolute Gasteiger partial charge is 0.461 e. The third kappa shape index (κ3) is 4.07. The summed E-state index contributed by atoms with van der Waals surface area (Å²) in [6.45, 7) is 5.56.